The lowest BCUT2D eigenvalue weighted by atomic mass is 10.1. The van der Waals surface area contributed by atoms with Gasteiger partial charge in [-0.15, -0.1) is 11.3 Å². The molecule has 2 aromatic carbocycles. The fourth-order valence-corrected chi connectivity index (χ4v) is 3.35. The van der Waals surface area contributed by atoms with Crippen LogP contribution < -0.4 is 5.32 Å². The topological polar surface area (TPSA) is 60.5 Å². The second kappa shape index (κ2) is 9.97. The van der Waals surface area contributed by atoms with Crippen LogP contribution in [0.25, 0.3) is 21.8 Å². The number of ether oxygens (including phenoxy) is 2. The van der Waals surface area contributed by atoms with Crippen molar-refractivity contribution in [3.8, 4) is 21.8 Å². The van der Waals surface area contributed by atoms with Gasteiger partial charge in [-0.2, -0.15) is 0 Å². The van der Waals surface area contributed by atoms with Crippen LogP contribution in [0.5, 0.6) is 0 Å². The standard InChI is InChI=1S/C21H22N2O3S/c1-25-10-11-26-14-20(24)22-13-16-6-5-9-18(12-16)21-23-19(15-27-21)17-7-3-2-4-8-17/h2-9,12,15H,10-11,13-14H2,1H3,(H,22,24). The van der Waals surface area contributed by atoms with Crippen LogP contribution in [0, 0.1) is 0 Å². The van der Waals surface area contributed by atoms with E-state index in [9.17, 15) is 4.79 Å². The molecule has 1 heterocycles. The Balaban J connectivity index is 1.59. The number of methoxy groups -OCH3 is 1. The molecule has 3 aromatic rings. The third-order valence-electron chi connectivity index (χ3n) is 3.90. The van der Waals surface area contributed by atoms with E-state index in [0.717, 1.165) is 27.4 Å². The number of benzene rings is 2. The van der Waals surface area contributed by atoms with Gasteiger partial charge >= 0.3 is 0 Å². The van der Waals surface area contributed by atoms with Gasteiger partial charge in [0.2, 0.25) is 5.91 Å². The Morgan fingerprint density at radius 2 is 1.89 bits per heavy atom. The first-order valence-electron chi connectivity index (χ1n) is 8.70. The van der Waals surface area contributed by atoms with Crippen molar-refractivity contribution in [2.75, 3.05) is 26.9 Å². The number of carbonyl (C=O) groups excluding carboxylic acids is 1. The Kier molecular flexibility index (Phi) is 7.10. The van der Waals surface area contributed by atoms with E-state index in [1.807, 2.05) is 36.4 Å². The smallest absolute Gasteiger partial charge is 0.246 e. The van der Waals surface area contributed by atoms with E-state index in [0.29, 0.717) is 19.8 Å². The number of nitrogens with one attached hydrogen (secondary N) is 1. The minimum absolute atomic E-state index is 0.0377. The summed E-state index contributed by atoms with van der Waals surface area (Å²) in [7, 11) is 1.60. The average molecular weight is 382 g/mol. The van der Waals surface area contributed by atoms with Crippen LogP contribution in [0.4, 0.5) is 0 Å². The maximum atomic E-state index is 11.8. The second-order valence-corrected chi connectivity index (χ2v) is 6.78. The van der Waals surface area contributed by atoms with Crippen LogP contribution >= 0.6 is 11.3 Å². The number of thiazole rings is 1. The zero-order chi connectivity index (χ0) is 18.9. The maximum Gasteiger partial charge on any atom is 0.246 e. The van der Waals surface area contributed by atoms with E-state index in [2.05, 4.69) is 28.9 Å². The molecule has 0 aliphatic rings. The average Bonchev–Trinajstić information content (AvgIpc) is 3.21. The lowest BCUT2D eigenvalue weighted by Gasteiger charge is -2.07. The largest absolute Gasteiger partial charge is 0.382 e. The molecule has 27 heavy (non-hydrogen) atoms. The van der Waals surface area contributed by atoms with Crippen molar-refractivity contribution in [2.24, 2.45) is 0 Å². The molecule has 0 saturated carbocycles. The van der Waals surface area contributed by atoms with E-state index in [1.165, 1.54) is 0 Å². The molecule has 0 bridgehead atoms. The second-order valence-electron chi connectivity index (χ2n) is 5.93. The van der Waals surface area contributed by atoms with Crippen molar-refractivity contribution in [3.63, 3.8) is 0 Å². The third-order valence-corrected chi connectivity index (χ3v) is 4.79. The first kappa shape index (κ1) is 19.2. The summed E-state index contributed by atoms with van der Waals surface area (Å²) in [5, 5.41) is 5.89. The van der Waals surface area contributed by atoms with E-state index < -0.39 is 0 Å². The predicted molar refractivity (Wildman–Crippen MR) is 108 cm³/mol. The van der Waals surface area contributed by atoms with Crippen LogP contribution in [-0.4, -0.2) is 37.8 Å². The number of amides is 1. The molecule has 1 amide bonds. The van der Waals surface area contributed by atoms with Gasteiger partial charge in [0.25, 0.3) is 0 Å². The first-order valence-corrected chi connectivity index (χ1v) is 9.58. The highest BCUT2D eigenvalue weighted by Crippen LogP contribution is 2.29. The van der Waals surface area contributed by atoms with Gasteiger partial charge in [0.05, 0.1) is 18.9 Å². The molecule has 0 saturated heterocycles. The van der Waals surface area contributed by atoms with Gasteiger partial charge in [-0.25, -0.2) is 4.98 Å². The number of carbonyl (C=O) groups is 1. The highest BCUT2D eigenvalue weighted by molar-refractivity contribution is 7.13. The summed E-state index contributed by atoms with van der Waals surface area (Å²) in [4.78, 5) is 16.6. The van der Waals surface area contributed by atoms with Crippen LogP contribution in [-0.2, 0) is 20.8 Å². The highest BCUT2D eigenvalue weighted by atomic mass is 32.1. The molecule has 6 heteroatoms. The SMILES string of the molecule is COCCOCC(=O)NCc1cccc(-c2nc(-c3ccccc3)cs2)c1. The quantitative estimate of drug-likeness (QED) is 0.573. The Morgan fingerprint density at radius 1 is 1.07 bits per heavy atom. The van der Waals surface area contributed by atoms with Gasteiger partial charge in [-0.05, 0) is 11.6 Å². The van der Waals surface area contributed by atoms with Crippen LogP contribution in [0.15, 0.2) is 60.0 Å². The van der Waals surface area contributed by atoms with Crippen molar-refractivity contribution in [3.05, 3.63) is 65.5 Å². The van der Waals surface area contributed by atoms with Crippen LogP contribution in [0.2, 0.25) is 0 Å². The molecule has 140 valence electrons. The first-order chi connectivity index (χ1) is 13.3. The van der Waals surface area contributed by atoms with Crippen molar-refractivity contribution in [2.45, 2.75) is 6.54 Å². The van der Waals surface area contributed by atoms with E-state index in [1.54, 1.807) is 18.4 Å². The molecular weight excluding hydrogens is 360 g/mol. The maximum absolute atomic E-state index is 11.8. The Hall–Kier alpha value is -2.54. The van der Waals surface area contributed by atoms with Crippen LogP contribution in [0.3, 0.4) is 0 Å². The number of nitrogens with zero attached hydrogens (tertiary/aromatic N) is 1. The normalized spacial score (nSPS) is 10.7. The van der Waals surface area contributed by atoms with Gasteiger partial charge in [-0.1, -0.05) is 48.5 Å². The van der Waals surface area contributed by atoms with Gasteiger partial charge in [0.1, 0.15) is 11.6 Å². The molecule has 0 aliphatic carbocycles. The van der Waals surface area contributed by atoms with Gasteiger partial charge in [0, 0.05) is 30.2 Å². The van der Waals surface area contributed by atoms with Crippen molar-refractivity contribution in [1.29, 1.82) is 0 Å². The molecule has 1 N–H and O–H groups in total. The molecule has 5 nitrogen and oxygen atoms in total. The highest BCUT2D eigenvalue weighted by Gasteiger charge is 2.08. The molecule has 0 unspecified atom stereocenters. The summed E-state index contributed by atoms with van der Waals surface area (Å²) in [6, 6.07) is 18.2. The molecular formula is C21H22N2O3S. The molecule has 0 atom stereocenters. The Bertz CT molecular complexity index is 865. The summed E-state index contributed by atoms with van der Waals surface area (Å²) in [6.45, 7) is 1.38. The monoisotopic (exact) mass is 382 g/mol. The Labute approximate surface area is 163 Å². The molecule has 0 aliphatic heterocycles. The minimum atomic E-state index is -0.142. The van der Waals surface area contributed by atoms with E-state index in [-0.39, 0.29) is 12.5 Å². The van der Waals surface area contributed by atoms with Gasteiger partial charge in [-0.3, -0.25) is 4.79 Å². The number of hydrogen-bond donors (Lipinski definition) is 1. The minimum Gasteiger partial charge on any atom is -0.382 e. The number of aromatic nitrogens is 1. The van der Waals surface area contributed by atoms with Crippen molar-refractivity contribution >= 4 is 17.2 Å². The lowest BCUT2D eigenvalue weighted by molar-refractivity contribution is -0.126. The van der Waals surface area contributed by atoms with Crippen molar-refractivity contribution < 1.29 is 14.3 Å². The molecule has 0 spiro atoms. The van der Waals surface area contributed by atoms with Crippen molar-refractivity contribution in [1.82, 2.24) is 10.3 Å². The summed E-state index contributed by atoms with van der Waals surface area (Å²) in [5.41, 5.74) is 4.15. The summed E-state index contributed by atoms with van der Waals surface area (Å²) < 4.78 is 10.1. The third kappa shape index (κ3) is 5.72. The molecule has 0 fully saturated rings. The summed E-state index contributed by atoms with van der Waals surface area (Å²) in [5.74, 6) is -0.142. The van der Waals surface area contributed by atoms with E-state index in [4.69, 9.17) is 14.5 Å². The summed E-state index contributed by atoms with van der Waals surface area (Å²) >= 11 is 1.62. The fraction of sp³-hybridized carbons (Fsp3) is 0.238. The fourth-order valence-electron chi connectivity index (χ4n) is 2.52. The Morgan fingerprint density at radius 3 is 2.70 bits per heavy atom. The zero-order valence-electron chi connectivity index (χ0n) is 15.2. The summed E-state index contributed by atoms with van der Waals surface area (Å²) in [6.07, 6.45) is 0. The lowest BCUT2D eigenvalue weighted by Crippen LogP contribution is -2.27. The van der Waals surface area contributed by atoms with E-state index >= 15 is 0 Å². The van der Waals surface area contributed by atoms with Gasteiger partial charge < -0.3 is 14.8 Å². The van der Waals surface area contributed by atoms with Gasteiger partial charge in [0.15, 0.2) is 0 Å². The molecule has 1 aromatic heterocycles. The van der Waals surface area contributed by atoms with Crippen LogP contribution in [0.1, 0.15) is 5.56 Å². The number of rotatable bonds is 9. The zero-order valence-corrected chi connectivity index (χ0v) is 16.0. The molecule has 0 radical (unpaired) electrons. The number of hydrogen-bond acceptors (Lipinski definition) is 5. The predicted octanol–water partition coefficient (Wildman–Crippen LogP) is 3.76. The molecule has 3 rings (SSSR count).